The average Bonchev–Trinajstić information content (AvgIpc) is 2.34. The molecule has 0 aromatic heterocycles. The van der Waals surface area contributed by atoms with Gasteiger partial charge in [-0.25, -0.2) is 4.79 Å². The normalized spacial score (nSPS) is 9.82. The fourth-order valence-electron chi connectivity index (χ4n) is 1.18. The Hall–Kier alpha value is -1.39. The van der Waals surface area contributed by atoms with E-state index < -0.39 is 17.8 Å². The van der Waals surface area contributed by atoms with Gasteiger partial charge < -0.3 is 4.84 Å². The van der Waals surface area contributed by atoms with Crippen molar-refractivity contribution < 1.29 is 19.2 Å². The molecule has 5 heteroatoms. The van der Waals surface area contributed by atoms with Crippen molar-refractivity contribution in [3.8, 4) is 0 Å². The van der Waals surface area contributed by atoms with Crippen molar-refractivity contribution >= 4 is 17.8 Å². The third-order valence-electron chi connectivity index (χ3n) is 2.23. The van der Waals surface area contributed by atoms with E-state index in [9.17, 15) is 14.4 Å². The van der Waals surface area contributed by atoms with Gasteiger partial charge in [0.15, 0.2) is 0 Å². The minimum Gasteiger partial charge on any atom is -0.330 e. The number of rotatable bonds is 6. The maximum atomic E-state index is 11.7. The van der Waals surface area contributed by atoms with Crippen molar-refractivity contribution in [2.75, 3.05) is 0 Å². The minimum absolute atomic E-state index is 0.135. The fourth-order valence-corrected chi connectivity index (χ4v) is 1.18. The lowest BCUT2D eigenvalue weighted by Crippen LogP contribution is -2.38. The summed E-state index contributed by atoms with van der Waals surface area (Å²) in [5.41, 5.74) is 0. The molecule has 0 aromatic carbocycles. The number of carbonyl (C=O) groups excluding carboxylic acids is 3. The number of nitrogens with zero attached hydrogens (tertiary/aromatic N) is 1. The summed E-state index contributed by atoms with van der Waals surface area (Å²) in [4.78, 5) is 39.0. The molecule has 0 saturated carbocycles. The van der Waals surface area contributed by atoms with Gasteiger partial charge in [0.1, 0.15) is 0 Å². The van der Waals surface area contributed by atoms with Crippen molar-refractivity contribution in [3.05, 3.63) is 0 Å². The van der Waals surface area contributed by atoms with Crippen molar-refractivity contribution in [3.63, 3.8) is 0 Å². The number of unbranched alkanes of at least 4 members (excludes halogenated alkanes) is 2. The summed E-state index contributed by atoms with van der Waals surface area (Å²) in [6, 6.07) is 0. The number of hydroxylamine groups is 2. The largest absolute Gasteiger partial charge is 0.332 e. The van der Waals surface area contributed by atoms with Crippen LogP contribution in [0, 0.1) is 0 Å². The molecule has 0 saturated heterocycles. The lowest BCUT2D eigenvalue weighted by atomic mass is 10.2. The number of carbonyl (C=O) groups is 3. The number of amides is 2. The predicted octanol–water partition coefficient (Wildman–Crippen LogP) is 2.20. The standard InChI is InChI=1S/C12H21NO4/c1-4-7-8-9-11(15)13(10(14)5-2)17-12(16)6-3/h4-9H2,1-3H3. The Morgan fingerprint density at radius 2 is 1.59 bits per heavy atom. The molecule has 2 amide bonds. The van der Waals surface area contributed by atoms with Crippen molar-refractivity contribution in [2.45, 2.75) is 59.3 Å². The zero-order chi connectivity index (χ0) is 13.3. The van der Waals surface area contributed by atoms with Gasteiger partial charge in [-0.1, -0.05) is 33.6 Å². The van der Waals surface area contributed by atoms with Gasteiger partial charge >= 0.3 is 5.97 Å². The molecule has 0 spiro atoms. The van der Waals surface area contributed by atoms with Crippen LogP contribution < -0.4 is 0 Å². The highest BCUT2D eigenvalue weighted by Crippen LogP contribution is 2.06. The fraction of sp³-hybridized carbons (Fsp3) is 0.750. The van der Waals surface area contributed by atoms with Crippen LogP contribution in [0.3, 0.4) is 0 Å². The molecule has 0 fully saturated rings. The van der Waals surface area contributed by atoms with Crippen LogP contribution in [0.25, 0.3) is 0 Å². The smallest absolute Gasteiger partial charge is 0.330 e. The van der Waals surface area contributed by atoms with E-state index in [1.54, 1.807) is 13.8 Å². The van der Waals surface area contributed by atoms with Gasteiger partial charge in [0.05, 0.1) is 0 Å². The van der Waals surface area contributed by atoms with E-state index in [4.69, 9.17) is 4.84 Å². The predicted molar refractivity (Wildman–Crippen MR) is 62.7 cm³/mol. The van der Waals surface area contributed by atoms with Gasteiger partial charge in [0.2, 0.25) is 0 Å². The van der Waals surface area contributed by atoms with Crippen LogP contribution in [-0.4, -0.2) is 22.8 Å². The second-order valence-corrected chi connectivity index (χ2v) is 3.71. The molecule has 0 atom stereocenters. The van der Waals surface area contributed by atoms with Crippen molar-refractivity contribution in [2.24, 2.45) is 0 Å². The zero-order valence-corrected chi connectivity index (χ0v) is 10.8. The van der Waals surface area contributed by atoms with Gasteiger partial charge in [-0.2, -0.15) is 0 Å². The zero-order valence-electron chi connectivity index (χ0n) is 10.8. The Labute approximate surface area is 102 Å². The van der Waals surface area contributed by atoms with E-state index in [1.807, 2.05) is 6.92 Å². The summed E-state index contributed by atoms with van der Waals surface area (Å²) in [6.45, 7) is 5.25. The quantitative estimate of drug-likeness (QED) is 0.530. The average molecular weight is 243 g/mol. The van der Waals surface area contributed by atoms with E-state index in [-0.39, 0.29) is 19.3 Å². The third-order valence-corrected chi connectivity index (χ3v) is 2.23. The first-order valence-corrected chi connectivity index (χ1v) is 6.13. The van der Waals surface area contributed by atoms with E-state index >= 15 is 0 Å². The molecule has 17 heavy (non-hydrogen) atoms. The first-order valence-electron chi connectivity index (χ1n) is 6.13. The number of imide groups is 1. The maximum absolute atomic E-state index is 11.7. The summed E-state index contributed by atoms with van der Waals surface area (Å²) in [6.07, 6.45) is 3.11. The van der Waals surface area contributed by atoms with Crippen molar-refractivity contribution in [1.82, 2.24) is 5.06 Å². The topological polar surface area (TPSA) is 63.7 Å². The van der Waals surface area contributed by atoms with Crippen LogP contribution in [0.2, 0.25) is 0 Å². The Bertz CT molecular complexity index is 276. The molecule has 0 radical (unpaired) electrons. The van der Waals surface area contributed by atoms with Crippen LogP contribution in [0.4, 0.5) is 0 Å². The molecule has 98 valence electrons. The van der Waals surface area contributed by atoms with Crippen LogP contribution >= 0.6 is 0 Å². The van der Waals surface area contributed by atoms with Crippen LogP contribution in [0.5, 0.6) is 0 Å². The SMILES string of the molecule is CCCCCC(=O)N(OC(=O)CC)C(=O)CC. The molecule has 0 rings (SSSR count). The van der Waals surface area contributed by atoms with Crippen LogP contribution in [-0.2, 0) is 19.2 Å². The Morgan fingerprint density at radius 1 is 0.941 bits per heavy atom. The summed E-state index contributed by atoms with van der Waals surface area (Å²) >= 11 is 0. The Morgan fingerprint density at radius 3 is 2.06 bits per heavy atom. The minimum atomic E-state index is -0.573. The first kappa shape index (κ1) is 15.6. The van der Waals surface area contributed by atoms with E-state index in [0.29, 0.717) is 11.5 Å². The number of hydrogen-bond donors (Lipinski definition) is 0. The van der Waals surface area contributed by atoms with Crippen molar-refractivity contribution in [1.29, 1.82) is 0 Å². The first-order chi connectivity index (χ1) is 8.06. The molecule has 0 unspecified atom stereocenters. The summed E-state index contributed by atoms with van der Waals surface area (Å²) in [5.74, 6) is -1.49. The molecule has 0 aliphatic rings. The molecule has 0 heterocycles. The van der Waals surface area contributed by atoms with E-state index in [1.165, 1.54) is 0 Å². The highest BCUT2D eigenvalue weighted by Gasteiger charge is 2.23. The monoisotopic (exact) mass is 243 g/mol. The van der Waals surface area contributed by atoms with E-state index in [2.05, 4.69) is 0 Å². The summed E-state index contributed by atoms with van der Waals surface area (Å²) in [5, 5.41) is 0.613. The molecule has 0 aromatic rings. The molecule has 5 nitrogen and oxygen atoms in total. The summed E-state index contributed by atoms with van der Waals surface area (Å²) in [7, 11) is 0. The molecule has 0 aliphatic heterocycles. The maximum Gasteiger partial charge on any atom is 0.332 e. The van der Waals surface area contributed by atoms with Gasteiger partial charge in [-0.3, -0.25) is 9.59 Å². The molecular weight excluding hydrogens is 222 g/mol. The van der Waals surface area contributed by atoms with Crippen LogP contribution in [0.1, 0.15) is 59.3 Å². The molecule has 0 N–H and O–H groups in total. The molecular formula is C12H21NO4. The lowest BCUT2D eigenvalue weighted by Gasteiger charge is -2.18. The summed E-state index contributed by atoms with van der Waals surface area (Å²) < 4.78 is 0. The highest BCUT2D eigenvalue weighted by molar-refractivity contribution is 5.95. The molecule has 0 bridgehead atoms. The van der Waals surface area contributed by atoms with Gasteiger partial charge in [-0.15, -0.1) is 5.06 Å². The third kappa shape index (κ3) is 6.04. The molecule has 0 aliphatic carbocycles. The van der Waals surface area contributed by atoms with Gasteiger partial charge in [-0.05, 0) is 6.42 Å². The number of hydrogen-bond acceptors (Lipinski definition) is 4. The lowest BCUT2D eigenvalue weighted by molar-refractivity contribution is -0.202. The second kappa shape index (κ2) is 8.73. The second-order valence-electron chi connectivity index (χ2n) is 3.71. The van der Waals surface area contributed by atoms with Gasteiger partial charge in [0, 0.05) is 19.3 Å². The van der Waals surface area contributed by atoms with Crippen LogP contribution in [0.15, 0.2) is 0 Å². The highest BCUT2D eigenvalue weighted by atomic mass is 16.7. The Balaban J connectivity index is 4.40. The van der Waals surface area contributed by atoms with Gasteiger partial charge in [0.25, 0.3) is 11.8 Å². The van der Waals surface area contributed by atoms with E-state index in [0.717, 1.165) is 12.8 Å². The Kier molecular flexibility index (Phi) is 8.01.